The lowest BCUT2D eigenvalue weighted by atomic mass is 9.90. The molecule has 0 radical (unpaired) electrons. The summed E-state index contributed by atoms with van der Waals surface area (Å²) in [5.74, 6) is -1.37. The average Bonchev–Trinajstić information content (AvgIpc) is 2.44. The third-order valence-corrected chi connectivity index (χ3v) is 14.5. The molecule has 1 aromatic heterocycles. The van der Waals surface area contributed by atoms with Crippen molar-refractivity contribution >= 4 is 35.6 Å². The van der Waals surface area contributed by atoms with Crippen LogP contribution in [0.4, 0.5) is 0 Å². The normalized spacial score (nSPS) is 15.9. The van der Waals surface area contributed by atoms with Crippen molar-refractivity contribution in [3.63, 3.8) is 0 Å². The maximum absolute atomic E-state index is 13.7. The Morgan fingerprint density at radius 2 is 0.966 bits per heavy atom. The van der Waals surface area contributed by atoms with Crippen LogP contribution in [-0.2, 0) is 63.6 Å². The molecule has 2 aromatic carbocycles. The zero-order valence-electron chi connectivity index (χ0n) is 55.0. The Kier molecular flexibility index (Phi) is 29.6. The molecule has 25 nitrogen and oxygen atoms in total. The van der Waals surface area contributed by atoms with Gasteiger partial charge in [0.15, 0.2) is 5.82 Å². The van der Waals surface area contributed by atoms with Crippen molar-refractivity contribution in [2.24, 2.45) is 5.92 Å². The van der Waals surface area contributed by atoms with Gasteiger partial charge in [0.25, 0.3) is 5.91 Å². The molecule has 4 N–H and O–H groups in total. The van der Waals surface area contributed by atoms with E-state index in [1.807, 2.05) is 125 Å². The second kappa shape index (κ2) is 35.9. The van der Waals surface area contributed by atoms with Crippen LogP contribution in [0.25, 0.3) is 17.1 Å². The molecule has 89 heavy (non-hydrogen) atoms. The Bertz CT molecular complexity index is 2670. The summed E-state index contributed by atoms with van der Waals surface area (Å²) in [7, 11) is 0. The summed E-state index contributed by atoms with van der Waals surface area (Å²) in [6.07, 6.45) is 2.71. The second-order valence-electron chi connectivity index (χ2n) is 26.0. The van der Waals surface area contributed by atoms with Gasteiger partial charge in [-0.2, -0.15) is 0 Å². The Morgan fingerprint density at radius 1 is 0.551 bits per heavy atom. The number of hydrogen-bond donors (Lipinski definition) is 4. The number of esters is 3. The van der Waals surface area contributed by atoms with Gasteiger partial charge in [-0.3, -0.25) is 52.9 Å². The molecule has 5 rings (SSSR count). The number of phenolic OH excluding ortho intramolecular Hbond substituents is 2. The number of carbonyl (C=O) groups is 6. The van der Waals surface area contributed by atoms with Crippen LogP contribution in [0.2, 0.25) is 0 Å². The van der Waals surface area contributed by atoms with Gasteiger partial charge in [-0.05, 0) is 123 Å². The van der Waals surface area contributed by atoms with Crippen molar-refractivity contribution in [3.05, 3.63) is 53.3 Å². The van der Waals surface area contributed by atoms with Gasteiger partial charge < -0.3 is 58.9 Å². The number of carbonyl (C=O) groups excluding carboxylic acids is 6. The van der Waals surface area contributed by atoms with Crippen molar-refractivity contribution in [1.29, 1.82) is 0 Å². The monoisotopic (exact) mass is 1250 g/mol. The standard InChI is InChI=1S/C64H102N10O15/c1-46(2)51-40-52(54(77)41-53(51)76)59-67-68-60(74(59)50-15-13-48(14-16-50)39-49-17-21-73(22-18-49)47(3)75)61(82)66-20-32-84-34-36-86-38-37-85-35-33-83-31-19-65-55(78)42-69-23-25-70(43-56(79)87-62(4,5)6)27-29-72(45-58(81)89-64(10,11)12)30-28-71(26-24-69)44-57(80)88-63(7,8)9/h13-16,40-41,46,49,76-77H,17-39,42-45H2,1-12H3,(H,65,78)(H,66,82). The molecule has 0 bridgehead atoms. The summed E-state index contributed by atoms with van der Waals surface area (Å²) in [6.45, 7) is 29.7. The van der Waals surface area contributed by atoms with E-state index in [1.54, 1.807) is 17.6 Å². The summed E-state index contributed by atoms with van der Waals surface area (Å²) in [5.41, 5.74) is 0.637. The predicted octanol–water partition coefficient (Wildman–Crippen LogP) is 4.43. The van der Waals surface area contributed by atoms with Gasteiger partial charge in [-0.25, -0.2) is 0 Å². The van der Waals surface area contributed by atoms with Crippen LogP contribution in [0, 0.1) is 5.92 Å². The van der Waals surface area contributed by atoms with Crippen molar-refractivity contribution in [2.45, 2.75) is 125 Å². The zero-order valence-corrected chi connectivity index (χ0v) is 55.0. The molecule has 2 aliphatic heterocycles. The molecule has 0 atom stereocenters. The molecular formula is C64H102N10O15. The minimum absolute atomic E-state index is 0.00433. The number of aromatic nitrogens is 3. The number of rotatable bonds is 29. The van der Waals surface area contributed by atoms with Crippen molar-refractivity contribution in [3.8, 4) is 28.6 Å². The molecule has 0 aliphatic carbocycles. The molecule has 0 unspecified atom stereocenters. The van der Waals surface area contributed by atoms with E-state index in [9.17, 15) is 39.0 Å². The first-order chi connectivity index (χ1) is 42.0. The number of amides is 3. The number of nitrogens with zero attached hydrogens (tertiary/aromatic N) is 8. The minimum atomic E-state index is -0.673. The van der Waals surface area contributed by atoms with Crippen LogP contribution in [0.15, 0.2) is 36.4 Å². The Labute approximate surface area is 526 Å². The number of hydrogen-bond acceptors (Lipinski definition) is 21. The van der Waals surface area contributed by atoms with E-state index in [2.05, 4.69) is 20.8 Å². The number of nitrogens with one attached hydrogen (secondary N) is 2. The molecule has 25 heteroatoms. The molecular weight excluding hydrogens is 1150 g/mol. The lowest BCUT2D eigenvalue weighted by molar-refractivity contribution is -0.158. The van der Waals surface area contributed by atoms with E-state index in [-0.39, 0.29) is 118 Å². The molecule has 3 aromatic rings. The average molecular weight is 1250 g/mol. The highest BCUT2D eigenvalue weighted by atomic mass is 16.6. The lowest BCUT2D eigenvalue weighted by Gasteiger charge is -2.34. The van der Waals surface area contributed by atoms with Crippen LogP contribution in [0.3, 0.4) is 0 Å². The number of piperidine rings is 1. The smallest absolute Gasteiger partial charge is 0.320 e. The Morgan fingerprint density at radius 3 is 1.38 bits per heavy atom. The quantitative estimate of drug-likeness (QED) is 0.0425. The molecule has 498 valence electrons. The molecule has 2 aliphatic rings. The third kappa shape index (κ3) is 27.8. The SMILES string of the molecule is CC(=O)N1CCC(Cc2ccc(-n3c(C(=O)NCCOCCOCCOCCOCCNC(=O)CN4CCN(CC(=O)OC(C)(C)C)CCN(CC(=O)OC(C)(C)C)CCN(CC(=O)OC(C)(C)C)CC4)nnc3-c3cc(C(C)C)c(O)cc3O)cc2)CC1. The lowest BCUT2D eigenvalue weighted by Crippen LogP contribution is -2.50. The first-order valence-electron chi connectivity index (χ1n) is 31.3. The summed E-state index contributed by atoms with van der Waals surface area (Å²) in [6, 6.07) is 10.8. The van der Waals surface area contributed by atoms with Crippen molar-refractivity contribution in [2.75, 3.05) is 158 Å². The van der Waals surface area contributed by atoms with Crippen LogP contribution in [0.5, 0.6) is 11.5 Å². The molecule has 2 fully saturated rings. The molecule has 3 amide bonds. The second-order valence-corrected chi connectivity index (χ2v) is 26.0. The first-order valence-corrected chi connectivity index (χ1v) is 31.3. The highest BCUT2D eigenvalue weighted by Crippen LogP contribution is 2.38. The summed E-state index contributed by atoms with van der Waals surface area (Å²) >= 11 is 0. The Balaban J connectivity index is 1.01. The van der Waals surface area contributed by atoms with E-state index < -0.39 is 22.7 Å². The fraction of sp³-hybridized carbons (Fsp3) is 0.688. The minimum Gasteiger partial charge on any atom is -0.508 e. The van der Waals surface area contributed by atoms with Gasteiger partial charge in [0.2, 0.25) is 17.6 Å². The number of ether oxygens (including phenoxy) is 7. The number of aromatic hydroxyl groups is 2. The van der Waals surface area contributed by atoms with Gasteiger partial charge in [0.1, 0.15) is 28.3 Å². The largest absolute Gasteiger partial charge is 0.508 e. The van der Waals surface area contributed by atoms with Gasteiger partial charge in [0.05, 0.1) is 84.6 Å². The van der Waals surface area contributed by atoms with Gasteiger partial charge in [0, 0.05) is 97.2 Å². The fourth-order valence-electron chi connectivity index (χ4n) is 10.1. The third-order valence-electron chi connectivity index (χ3n) is 14.5. The van der Waals surface area contributed by atoms with Gasteiger partial charge in [-0.15, -0.1) is 10.2 Å². The topological polar surface area (TPSA) is 278 Å². The summed E-state index contributed by atoms with van der Waals surface area (Å²) < 4.78 is 41.3. The maximum atomic E-state index is 13.7. The first kappa shape index (κ1) is 73.4. The van der Waals surface area contributed by atoms with Crippen LogP contribution >= 0.6 is 0 Å². The van der Waals surface area contributed by atoms with Crippen molar-refractivity contribution in [1.82, 2.24) is 49.9 Å². The van der Waals surface area contributed by atoms with E-state index in [4.69, 9.17) is 33.2 Å². The summed E-state index contributed by atoms with van der Waals surface area (Å²) in [4.78, 5) is 87.9. The van der Waals surface area contributed by atoms with E-state index in [0.29, 0.717) is 108 Å². The molecule has 3 heterocycles. The van der Waals surface area contributed by atoms with Crippen molar-refractivity contribution < 1.29 is 72.1 Å². The zero-order chi connectivity index (χ0) is 65.3. The fourth-order valence-corrected chi connectivity index (χ4v) is 10.1. The van der Waals surface area contributed by atoms with Gasteiger partial charge >= 0.3 is 17.9 Å². The summed E-state index contributed by atoms with van der Waals surface area (Å²) in [5, 5.41) is 36.1. The Hall–Kier alpha value is -6.32. The van der Waals surface area contributed by atoms with E-state index in [1.165, 1.54) is 6.07 Å². The van der Waals surface area contributed by atoms with Crippen LogP contribution in [-0.4, -0.2) is 259 Å². The highest BCUT2D eigenvalue weighted by Gasteiger charge is 2.29. The molecule has 0 saturated carbocycles. The van der Waals surface area contributed by atoms with Gasteiger partial charge in [-0.1, -0.05) is 26.0 Å². The van der Waals surface area contributed by atoms with E-state index in [0.717, 1.165) is 37.9 Å². The highest BCUT2D eigenvalue weighted by molar-refractivity contribution is 5.92. The van der Waals surface area contributed by atoms with Crippen LogP contribution < -0.4 is 10.6 Å². The number of benzene rings is 2. The van der Waals surface area contributed by atoms with Crippen LogP contribution in [0.1, 0.15) is 124 Å². The number of likely N-dealkylation sites (tertiary alicyclic amines) is 1. The maximum Gasteiger partial charge on any atom is 0.320 e. The number of phenols is 2. The van der Waals surface area contributed by atoms with E-state index >= 15 is 0 Å². The molecule has 2 saturated heterocycles. The predicted molar refractivity (Wildman–Crippen MR) is 335 cm³/mol. The molecule has 0 spiro atoms.